The van der Waals surface area contributed by atoms with Gasteiger partial charge in [0.15, 0.2) is 0 Å². The van der Waals surface area contributed by atoms with E-state index in [9.17, 15) is 4.79 Å². The maximum atomic E-state index is 11.0. The monoisotopic (exact) mass is 285 g/mol. The molecule has 21 heavy (non-hydrogen) atoms. The van der Waals surface area contributed by atoms with Crippen LogP contribution < -0.4 is 5.32 Å². The summed E-state index contributed by atoms with van der Waals surface area (Å²) in [6.45, 7) is 2.25. The van der Waals surface area contributed by atoms with Gasteiger partial charge in [0.2, 0.25) is 0 Å². The fourth-order valence-corrected chi connectivity index (χ4v) is 2.96. The highest BCUT2D eigenvalue weighted by Crippen LogP contribution is 2.22. The molecule has 1 heterocycles. The number of aromatic carboxylic acids is 1. The van der Waals surface area contributed by atoms with Gasteiger partial charge in [-0.05, 0) is 43.4 Å². The number of carboxylic acids is 1. The van der Waals surface area contributed by atoms with Crippen molar-refractivity contribution in [3.63, 3.8) is 0 Å². The molecule has 0 aliphatic heterocycles. The third kappa shape index (κ3) is 3.00. The quantitative estimate of drug-likeness (QED) is 0.906. The van der Waals surface area contributed by atoms with Gasteiger partial charge in [-0.2, -0.15) is 0 Å². The zero-order valence-corrected chi connectivity index (χ0v) is 12.1. The van der Waals surface area contributed by atoms with Crippen molar-refractivity contribution in [3.05, 3.63) is 58.5 Å². The Kier molecular flexibility index (Phi) is 3.80. The second-order valence-corrected chi connectivity index (χ2v) is 5.58. The van der Waals surface area contributed by atoms with Crippen LogP contribution >= 0.6 is 0 Å². The number of fused-ring (bicyclic) bond motifs is 1. The lowest BCUT2D eigenvalue weighted by atomic mass is 9.88. The summed E-state index contributed by atoms with van der Waals surface area (Å²) in [4.78, 5) is 11.0. The van der Waals surface area contributed by atoms with Crippen molar-refractivity contribution < 1.29 is 14.3 Å². The second kappa shape index (κ2) is 5.74. The van der Waals surface area contributed by atoms with E-state index in [1.54, 1.807) is 13.0 Å². The van der Waals surface area contributed by atoms with E-state index in [4.69, 9.17) is 9.52 Å². The van der Waals surface area contributed by atoms with Gasteiger partial charge in [0.25, 0.3) is 0 Å². The van der Waals surface area contributed by atoms with Crippen LogP contribution in [0, 0.1) is 6.92 Å². The minimum atomic E-state index is -0.936. The van der Waals surface area contributed by atoms with Crippen molar-refractivity contribution in [2.75, 3.05) is 0 Å². The summed E-state index contributed by atoms with van der Waals surface area (Å²) >= 11 is 0. The summed E-state index contributed by atoms with van der Waals surface area (Å²) in [5.74, 6) is 0.214. The topological polar surface area (TPSA) is 62.5 Å². The summed E-state index contributed by atoms with van der Waals surface area (Å²) in [6, 6.07) is 10.6. The minimum absolute atomic E-state index is 0.251. The van der Waals surface area contributed by atoms with E-state index < -0.39 is 5.97 Å². The second-order valence-electron chi connectivity index (χ2n) is 5.58. The number of carbonyl (C=O) groups is 1. The predicted molar refractivity (Wildman–Crippen MR) is 79.5 cm³/mol. The third-order valence-corrected chi connectivity index (χ3v) is 4.11. The molecule has 0 radical (unpaired) electrons. The van der Waals surface area contributed by atoms with Crippen LogP contribution in [0.4, 0.5) is 0 Å². The Morgan fingerprint density at radius 1 is 1.38 bits per heavy atom. The normalized spacial score (nSPS) is 17.5. The highest BCUT2D eigenvalue weighted by molar-refractivity contribution is 5.88. The van der Waals surface area contributed by atoms with E-state index in [0.717, 1.165) is 19.3 Å². The van der Waals surface area contributed by atoms with E-state index in [1.165, 1.54) is 11.1 Å². The molecule has 0 amide bonds. The van der Waals surface area contributed by atoms with Crippen molar-refractivity contribution in [2.24, 2.45) is 0 Å². The molecule has 1 aliphatic carbocycles. The smallest absolute Gasteiger partial charge is 0.339 e. The molecule has 2 aromatic rings. The summed E-state index contributed by atoms with van der Waals surface area (Å²) in [7, 11) is 0. The number of hydrogen-bond donors (Lipinski definition) is 2. The van der Waals surface area contributed by atoms with E-state index in [2.05, 4.69) is 29.6 Å². The van der Waals surface area contributed by atoms with Crippen LogP contribution in [0.2, 0.25) is 0 Å². The number of rotatable bonds is 4. The van der Waals surface area contributed by atoms with Crippen LogP contribution in [0.25, 0.3) is 0 Å². The summed E-state index contributed by atoms with van der Waals surface area (Å²) in [5, 5.41) is 12.5. The lowest BCUT2D eigenvalue weighted by Crippen LogP contribution is -2.33. The van der Waals surface area contributed by atoms with Crippen molar-refractivity contribution in [1.82, 2.24) is 5.32 Å². The van der Waals surface area contributed by atoms with Gasteiger partial charge in [-0.25, -0.2) is 4.79 Å². The fraction of sp³-hybridized carbons (Fsp3) is 0.353. The van der Waals surface area contributed by atoms with Gasteiger partial charge in [0.1, 0.15) is 17.1 Å². The van der Waals surface area contributed by atoms with Crippen molar-refractivity contribution >= 4 is 5.97 Å². The Hall–Kier alpha value is -2.07. The van der Waals surface area contributed by atoms with E-state index in [-0.39, 0.29) is 5.56 Å². The molecule has 1 unspecified atom stereocenters. The molecule has 0 fully saturated rings. The Morgan fingerprint density at radius 3 is 2.86 bits per heavy atom. The maximum Gasteiger partial charge on any atom is 0.339 e. The SMILES string of the molecule is Cc1oc(CNC2CCc3ccccc3C2)cc1C(=O)O. The number of nitrogens with one attached hydrogen (secondary N) is 1. The molecule has 1 atom stereocenters. The zero-order valence-electron chi connectivity index (χ0n) is 12.1. The first-order valence-electron chi connectivity index (χ1n) is 7.26. The van der Waals surface area contributed by atoms with Gasteiger partial charge in [0.05, 0.1) is 6.54 Å². The van der Waals surface area contributed by atoms with Gasteiger partial charge >= 0.3 is 5.97 Å². The molecule has 0 spiro atoms. The van der Waals surface area contributed by atoms with Gasteiger partial charge in [-0.1, -0.05) is 24.3 Å². The Balaban J connectivity index is 1.62. The number of hydrogen-bond acceptors (Lipinski definition) is 3. The molecule has 3 rings (SSSR count). The lowest BCUT2D eigenvalue weighted by molar-refractivity contribution is 0.0695. The van der Waals surface area contributed by atoms with Gasteiger partial charge < -0.3 is 14.8 Å². The predicted octanol–water partition coefficient (Wildman–Crippen LogP) is 2.93. The Morgan fingerprint density at radius 2 is 2.14 bits per heavy atom. The third-order valence-electron chi connectivity index (χ3n) is 4.11. The van der Waals surface area contributed by atoms with Gasteiger partial charge in [0, 0.05) is 6.04 Å². The van der Waals surface area contributed by atoms with Crippen LogP contribution in [0.5, 0.6) is 0 Å². The number of benzene rings is 1. The van der Waals surface area contributed by atoms with Crippen LogP contribution in [0.1, 0.15) is 39.4 Å². The van der Waals surface area contributed by atoms with E-state index in [0.29, 0.717) is 24.1 Å². The van der Waals surface area contributed by atoms with E-state index >= 15 is 0 Å². The minimum Gasteiger partial charge on any atom is -0.478 e. The molecule has 1 aliphatic rings. The summed E-state index contributed by atoms with van der Waals surface area (Å²) < 4.78 is 5.49. The lowest BCUT2D eigenvalue weighted by Gasteiger charge is -2.25. The molecule has 110 valence electrons. The Labute approximate surface area is 123 Å². The molecule has 0 saturated carbocycles. The van der Waals surface area contributed by atoms with Crippen LogP contribution in [-0.4, -0.2) is 17.1 Å². The van der Waals surface area contributed by atoms with Crippen molar-refractivity contribution in [3.8, 4) is 0 Å². The first-order chi connectivity index (χ1) is 10.1. The van der Waals surface area contributed by atoms with Gasteiger partial charge in [-0.15, -0.1) is 0 Å². The molecular weight excluding hydrogens is 266 g/mol. The molecule has 1 aromatic heterocycles. The molecule has 0 saturated heterocycles. The number of carboxylic acid groups (broad SMARTS) is 1. The largest absolute Gasteiger partial charge is 0.478 e. The molecule has 4 heteroatoms. The molecule has 4 nitrogen and oxygen atoms in total. The van der Waals surface area contributed by atoms with Crippen molar-refractivity contribution in [2.45, 2.75) is 38.8 Å². The number of furan rings is 1. The highest BCUT2D eigenvalue weighted by Gasteiger charge is 2.19. The van der Waals surface area contributed by atoms with Crippen LogP contribution in [-0.2, 0) is 19.4 Å². The Bertz CT molecular complexity index is 660. The summed E-state index contributed by atoms with van der Waals surface area (Å²) in [5.41, 5.74) is 3.10. The average molecular weight is 285 g/mol. The molecular formula is C17H19NO3. The summed E-state index contributed by atoms with van der Waals surface area (Å²) in [6.07, 6.45) is 3.20. The van der Waals surface area contributed by atoms with Crippen LogP contribution in [0.3, 0.4) is 0 Å². The molecule has 0 bridgehead atoms. The van der Waals surface area contributed by atoms with Crippen molar-refractivity contribution in [1.29, 1.82) is 0 Å². The van der Waals surface area contributed by atoms with Gasteiger partial charge in [-0.3, -0.25) is 0 Å². The molecule has 1 aromatic carbocycles. The van der Waals surface area contributed by atoms with E-state index in [1.807, 2.05) is 0 Å². The first kappa shape index (κ1) is 13.9. The van der Waals surface area contributed by atoms with Crippen LogP contribution in [0.15, 0.2) is 34.7 Å². The standard InChI is InChI=1S/C17H19NO3/c1-11-16(17(19)20)9-15(21-11)10-18-14-7-6-12-4-2-3-5-13(12)8-14/h2-5,9,14,18H,6-8,10H2,1H3,(H,19,20). The fourth-order valence-electron chi connectivity index (χ4n) is 2.96. The first-order valence-corrected chi connectivity index (χ1v) is 7.26. The average Bonchev–Trinajstić information content (AvgIpc) is 2.86. The maximum absolute atomic E-state index is 11.0. The highest BCUT2D eigenvalue weighted by atomic mass is 16.4. The number of aryl methyl sites for hydroxylation is 2. The molecule has 2 N–H and O–H groups in total. The zero-order chi connectivity index (χ0) is 14.8.